The van der Waals surface area contributed by atoms with Crippen LogP contribution in [0.5, 0.6) is 0 Å². The monoisotopic (exact) mass is 394 g/mol. The summed E-state index contributed by atoms with van der Waals surface area (Å²) >= 11 is 0. The molecule has 154 valence electrons. The first-order valence-corrected chi connectivity index (χ1v) is 10.5. The van der Waals surface area contributed by atoms with Crippen LogP contribution in [0.1, 0.15) is 62.2 Å². The first-order chi connectivity index (χ1) is 14.1. The van der Waals surface area contributed by atoms with Gasteiger partial charge >= 0.3 is 0 Å². The minimum atomic E-state index is 0.249. The minimum absolute atomic E-state index is 0.249. The molecule has 0 bridgehead atoms. The summed E-state index contributed by atoms with van der Waals surface area (Å²) in [6.07, 6.45) is 3.73. The quantitative estimate of drug-likeness (QED) is 0.722. The van der Waals surface area contributed by atoms with E-state index in [0.29, 0.717) is 19.1 Å². The average Bonchev–Trinajstić information content (AvgIpc) is 3.21. The Balaban J connectivity index is 1.44. The SMILES string of the molecule is CC=Nc1nc(C(C)N2CCN(c3ncc4c(n3)COC4)CC2)ccc1C(C)C. The van der Waals surface area contributed by atoms with Crippen LogP contribution >= 0.6 is 0 Å². The Bertz CT molecular complexity index is 889. The number of rotatable bonds is 5. The summed E-state index contributed by atoms with van der Waals surface area (Å²) in [6.45, 7) is 13.5. The van der Waals surface area contributed by atoms with Gasteiger partial charge in [-0.2, -0.15) is 0 Å². The van der Waals surface area contributed by atoms with Crippen LogP contribution in [0.15, 0.2) is 23.3 Å². The fourth-order valence-corrected chi connectivity index (χ4v) is 3.97. The van der Waals surface area contributed by atoms with Gasteiger partial charge < -0.3 is 9.64 Å². The van der Waals surface area contributed by atoms with Crippen LogP contribution in [-0.4, -0.2) is 52.2 Å². The zero-order chi connectivity index (χ0) is 20.4. The summed E-state index contributed by atoms with van der Waals surface area (Å²) in [7, 11) is 0. The highest BCUT2D eigenvalue weighted by Crippen LogP contribution is 2.29. The smallest absolute Gasteiger partial charge is 0.225 e. The number of piperazine rings is 1. The Morgan fingerprint density at radius 2 is 1.86 bits per heavy atom. The van der Waals surface area contributed by atoms with Crippen LogP contribution in [0, 0.1) is 0 Å². The molecule has 1 unspecified atom stereocenters. The third-order valence-electron chi connectivity index (χ3n) is 5.81. The molecule has 29 heavy (non-hydrogen) atoms. The van der Waals surface area contributed by atoms with Gasteiger partial charge in [0.05, 0.1) is 24.6 Å². The predicted octanol–water partition coefficient (Wildman–Crippen LogP) is 3.63. The molecule has 2 aromatic rings. The van der Waals surface area contributed by atoms with E-state index in [1.54, 1.807) is 0 Å². The van der Waals surface area contributed by atoms with Crippen LogP contribution in [-0.2, 0) is 18.0 Å². The lowest BCUT2D eigenvalue weighted by molar-refractivity contribution is 0.133. The van der Waals surface area contributed by atoms with E-state index in [1.165, 1.54) is 5.56 Å². The van der Waals surface area contributed by atoms with Crippen LogP contribution in [0.25, 0.3) is 0 Å². The fourth-order valence-electron chi connectivity index (χ4n) is 3.97. The van der Waals surface area contributed by atoms with Crippen molar-refractivity contribution in [3.63, 3.8) is 0 Å². The number of pyridine rings is 1. The predicted molar refractivity (Wildman–Crippen MR) is 115 cm³/mol. The number of hydrogen-bond donors (Lipinski definition) is 0. The zero-order valence-corrected chi connectivity index (χ0v) is 17.8. The summed E-state index contributed by atoms with van der Waals surface area (Å²) < 4.78 is 5.46. The van der Waals surface area contributed by atoms with Crippen molar-refractivity contribution in [2.75, 3.05) is 31.1 Å². The van der Waals surface area contributed by atoms with Gasteiger partial charge in [0.2, 0.25) is 5.95 Å². The molecule has 0 saturated carbocycles. The van der Waals surface area contributed by atoms with Crippen molar-refractivity contribution in [3.05, 3.63) is 40.8 Å². The molecule has 0 aliphatic carbocycles. The molecule has 0 aromatic carbocycles. The van der Waals surface area contributed by atoms with Crippen molar-refractivity contribution in [3.8, 4) is 0 Å². The average molecular weight is 395 g/mol. The van der Waals surface area contributed by atoms with Crippen molar-refractivity contribution < 1.29 is 4.74 Å². The maximum Gasteiger partial charge on any atom is 0.225 e. The third-order valence-corrected chi connectivity index (χ3v) is 5.81. The van der Waals surface area contributed by atoms with Crippen LogP contribution in [0.2, 0.25) is 0 Å². The number of fused-ring (bicyclic) bond motifs is 1. The lowest BCUT2D eigenvalue weighted by Gasteiger charge is -2.38. The Labute approximate surface area is 172 Å². The number of nitrogens with zero attached hydrogens (tertiary/aromatic N) is 6. The molecule has 0 N–H and O–H groups in total. The molecule has 7 nitrogen and oxygen atoms in total. The second kappa shape index (κ2) is 8.55. The Morgan fingerprint density at radius 3 is 2.59 bits per heavy atom. The van der Waals surface area contributed by atoms with Gasteiger partial charge in [-0.3, -0.25) is 4.90 Å². The molecule has 7 heteroatoms. The van der Waals surface area contributed by atoms with Crippen molar-refractivity contribution in [1.82, 2.24) is 19.9 Å². The summed E-state index contributed by atoms with van der Waals surface area (Å²) in [5.74, 6) is 2.08. The number of ether oxygens (including phenoxy) is 1. The molecule has 1 fully saturated rings. The van der Waals surface area contributed by atoms with Crippen LogP contribution in [0.4, 0.5) is 11.8 Å². The van der Waals surface area contributed by atoms with Gasteiger partial charge in [-0.1, -0.05) is 19.9 Å². The molecule has 1 atom stereocenters. The Kier molecular flexibility index (Phi) is 5.87. The summed E-state index contributed by atoms with van der Waals surface area (Å²) in [6, 6.07) is 4.59. The zero-order valence-electron chi connectivity index (χ0n) is 17.8. The molecule has 1 saturated heterocycles. The standard InChI is InChI=1S/C22H30N6O/c1-5-23-21-18(15(2)3)6-7-19(25-21)16(4)27-8-10-28(11-9-27)22-24-12-17-13-29-14-20(17)26-22/h5-7,12,15-16H,8-11,13-14H2,1-4H3. The maximum atomic E-state index is 5.46. The molecular formula is C22H30N6O. The third kappa shape index (κ3) is 4.16. The highest BCUT2D eigenvalue weighted by Gasteiger charge is 2.25. The van der Waals surface area contributed by atoms with Gasteiger partial charge in [0.25, 0.3) is 0 Å². The topological polar surface area (TPSA) is 66.7 Å². The van der Waals surface area contributed by atoms with Gasteiger partial charge in [-0.05, 0) is 31.4 Å². The second-order valence-electron chi connectivity index (χ2n) is 8.02. The number of aromatic nitrogens is 3. The normalized spacial score (nSPS) is 18.6. The summed E-state index contributed by atoms with van der Waals surface area (Å²) in [5.41, 5.74) is 4.42. The molecular weight excluding hydrogens is 364 g/mol. The lowest BCUT2D eigenvalue weighted by atomic mass is 10.0. The lowest BCUT2D eigenvalue weighted by Crippen LogP contribution is -2.47. The van der Waals surface area contributed by atoms with Gasteiger partial charge in [-0.25, -0.2) is 19.9 Å². The van der Waals surface area contributed by atoms with Gasteiger partial charge in [0.1, 0.15) is 0 Å². The molecule has 4 rings (SSSR count). The van der Waals surface area contributed by atoms with Crippen molar-refractivity contribution in [1.29, 1.82) is 0 Å². The number of aliphatic imine (C=N–C) groups is 1. The second-order valence-corrected chi connectivity index (χ2v) is 8.02. The molecule has 0 amide bonds. The maximum absolute atomic E-state index is 5.46. The van der Waals surface area contributed by atoms with E-state index in [4.69, 9.17) is 14.7 Å². The molecule has 2 aliphatic rings. The van der Waals surface area contributed by atoms with E-state index in [-0.39, 0.29) is 6.04 Å². The highest BCUT2D eigenvalue weighted by molar-refractivity contribution is 5.60. The van der Waals surface area contributed by atoms with Crippen LogP contribution < -0.4 is 4.90 Å². The number of anilines is 1. The molecule has 0 spiro atoms. The van der Waals surface area contributed by atoms with E-state index in [2.05, 4.69) is 52.7 Å². The first kappa shape index (κ1) is 19.9. The van der Waals surface area contributed by atoms with E-state index in [1.807, 2.05) is 19.3 Å². The summed E-state index contributed by atoms with van der Waals surface area (Å²) in [4.78, 5) is 23.4. The minimum Gasteiger partial charge on any atom is -0.370 e. The fraction of sp³-hybridized carbons (Fsp3) is 0.545. The van der Waals surface area contributed by atoms with Gasteiger partial charge in [0.15, 0.2) is 5.82 Å². The van der Waals surface area contributed by atoms with E-state index in [0.717, 1.165) is 54.9 Å². The molecule has 4 heterocycles. The molecule has 2 aromatic heterocycles. The van der Waals surface area contributed by atoms with E-state index >= 15 is 0 Å². The summed E-state index contributed by atoms with van der Waals surface area (Å²) in [5, 5.41) is 0. The molecule has 0 radical (unpaired) electrons. The molecule has 2 aliphatic heterocycles. The van der Waals surface area contributed by atoms with E-state index < -0.39 is 0 Å². The van der Waals surface area contributed by atoms with E-state index in [9.17, 15) is 0 Å². The van der Waals surface area contributed by atoms with Gasteiger partial charge in [0, 0.05) is 50.2 Å². The Morgan fingerprint density at radius 1 is 1.07 bits per heavy atom. The Hall–Kier alpha value is -2.38. The first-order valence-electron chi connectivity index (χ1n) is 10.5. The van der Waals surface area contributed by atoms with Crippen molar-refractivity contribution >= 4 is 18.0 Å². The number of hydrogen-bond acceptors (Lipinski definition) is 7. The van der Waals surface area contributed by atoms with Crippen molar-refractivity contribution in [2.24, 2.45) is 4.99 Å². The van der Waals surface area contributed by atoms with Crippen molar-refractivity contribution in [2.45, 2.75) is 52.9 Å². The van der Waals surface area contributed by atoms with Gasteiger partial charge in [-0.15, -0.1) is 0 Å². The van der Waals surface area contributed by atoms with Crippen LogP contribution in [0.3, 0.4) is 0 Å². The largest absolute Gasteiger partial charge is 0.370 e. The highest BCUT2D eigenvalue weighted by atomic mass is 16.5.